The van der Waals surface area contributed by atoms with E-state index in [-0.39, 0.29) is 0 Å². The molecular weight excluding hydrogens is 226 g/mol. The quantitative estimate of drug-likeness (QED) is 0.821. The molecule has 1 aliphatic carbocycles. The largest absolute Gasteiger partial charge is 0.271 e. The number of aryl methyl sites for hydroxylation is 1. The molecule has 0 bridgehead atoms. The maximum absolute atomic E-state index is 6.06. The summed E-state index contributed by atoms with van der Waals surface area (Å²) < 4.78 is 3.75. The molecule has 0 amide bonds. The number of halogens is 1. The molecule has 16 heavy (non-hydrogen) atoms. The molecular formula is C10H12ClN5. The Balaban J connectivity index is 2.06. The average molecular weight is 238 g/mol. The summed E-state index contributed by atoms with van der Waals surface area (Å²) in [6, 6.07) is 0. The van der Waals surface area contributed by atoms with Gasteiger partial charge in [-0.05, 0) is 31.4 Å². The lowest BCUT2D eigenvalue weighted by atomic mass is 10.4. The molecule has 0 radical (unpaired) electrons. The maximum Gasteiger partial charge on any atom is 0.229 e. The SMILES string of the molecule is CCn1cc(-n2c(Cl)nnc2C2CC2)cn1. The van der Waals surface area contributed by atoms with Crippen LogP contribution >= 0.6 is 11.6 Å². The molecule has 6 heteroatoms. The van der Waals surface area contributed by atoms with Gasteiger partial charge in [-0.2, -0.15) is 5.10 Å². The van der Waals surface area contributed by atoms with Crippen molar-refractivity contribution in [1.82, 2.24) is 24.5 Å². The molecule has 2 aromatic heterocycles. The van der Waals surface area contributed by atoms with Crippen LogP contribution in [-0.4, -0.2) is 24.5 Å². The lowest BCUT2D eigenvalue weighted by molar-refractivity contribution is 0.659. The summed E-state index contributed by atoms with van der Waals surface area (Å²) in [6.07, 6.45) is 6.11. The number of nitrogens with zero attached hydrogens (tertiary/aromatic N) is 5. The van der Waals surface area contributed by atoms with Crippen LogP contribution in [0.25, 0.3) is 5.69 Å². The van der Waals surface area contributed by atoms with E-state index in [9.17, 15) is 0 Å². The Kier molecular flexibility index (Phi) is 2.21. The van der Waals surface area contributed by atoms with Crippen molar-refractivity contribution in [1.29, 1.82) is 0 Å². The van der Waals surface area contributed by atoms with Crippen molar-refractivity contribution < 1.29 is 0 Å². The van der Waals surface area contributed by atoms with E-state index in [1.54, 1.807) is 6.20 Å². The van der Waals surface area contributed by atoms with Crippen LogP contribution in [0.5, 0.6) is 0 Å². The van der Waals surface area contributed by atoms with Crippen molar-refractivity contribution >= 4 is 11.6 Å². The van der Waals surface area contributed by atoms with E-state index in [2.05, 4.69) is 15.3 Å². The highest BCUT2D eigenvalue weighted by Crippen LogP contribution is 2.40. The molecule has 3 rings (SSSR count). The van der Waals surface area contributed by atoms with Gasteiger partial charge < -0.3 is 0 Å². The van der Waals surface area contributed by atoms with Crippen molar-refractivity contribution in [2.75, 3.05) is 0 Å². The molecule has 0 N–H and O–H groups in total. The standard InChI is InChI=1S/C10H12ClN5/c1-2-15-6-8(5-12-15)16-9(7-3-4-7)13-14-10(16)11/h5-7H,2-4H2,1H3. The number of hydrogen-bond donors (Lipinski definition) is 0. The predicted molar refractivity (Wildman–Crippen MR) is 59.8 cm³/mol. The summed E-state index contributed by atoms with van der Waals surface area (Å²) >= 11 is 6.06. The Labute approximate surface area is 98.0 Å². The molecule has 2 heterocycles. The van der Waals surface area contributed by atoms with Gasteiger partial charge in [0.2, 0.25) is 5.28 Å². The normalized spacial score (nSPS) is 15.6. The van der Waals surface area contributed by atoms with Crippen LogP contribution in [0, 0.1) is 0 Å². The minimum atomic E-state index is 0.414. The lowest BCUT2D eigenvalue weighted by Gasteiger charge is -2.02. The summed E-state index contributed by atoms with van der Waals surface area (Å²) in [6.45, 7) is 2.89. The fourth-order valence-corrected chi connectivity index (χ4v) is 1.98. The molecule has 2 aromatic rings. The smallest absolute Gasteiger partial charge is 0.229 e. The molecule has 1 fully saturated rings. The Bertz CT molecular complexity index is 511. The monoisotopic (exact) mass is 237 g/mol. The van der Waals surface area contributed by atoms with Crippen LogP contribution < -0.4 is 0 Å². The highest BCUT2D eigenvalue weighted by atomic mass is 35.5. The topological polar surface area (TPSA) is 48.5 Å². The minimum absolute atomic E-state index is 0.414. The summed E-state index contributed by atoms with van der Waals surface area (Å²) in [5, 5.41) is 12.7. The molecule has 0 spiro atoms. The molecule has 0 unspecified atom stereocenters. The first-order valence-corrected chi connectivity index (χ1v) is 5.81. The average Bonchev–Trinajstić information content (AvgIpc) is 2.89. The van der Waals surface area contributed by atoms with Gasteiger partial charge in [0.05, 0.1) is 11.9 Å². The van der Waals surface area contributed by atoms with Crippen molar-refractivity contribution in [2.45, 2.75) is 32.2 Å². The number of aromatic nitrogens is 5. The molecule has 84 valence electrons. The fourth-order valence-electron chi connectivity index (χ4n) is 1.76. The van der Waals surface area contributed by atoms with Gasteiger partial charge in [0, 0.05) is 18.7 Å². The first-order chi connectivity index (χ1) is 7.79. The summed E-state index contributed by atoms with van der Waals surface area (Å²) in [5.74, 6) is 1.48. The van der Waals surface area contributed by atoms with E-state index in [0.29, 0.717) is 11.2 Å². The van der Waals surface area contributed by atoms with Crippen LogP contribution in [0.15, 0.2) is 12.4 Å². The molecule has 0 saturated heterocycles. The van der Waals surface area contributed by atoms with Crippen molar-refractivity contribution in [3.05, 3.63) is 23.5 Å². The number of rotatable bonds is 3. The molecule has 5 nitrogen and oxygen atoms in total. The highest BCUT2D eigenvalue weighted by molar-refractivity contribution is 6.28. The second-order valence-corrected chi connectivity index (χ2v) is 4.33. The van der Waals surface area contributed by atoms with Gasteiger partial charge >= 0.3 is 0 Å². The van der Waals surface area contributed by atoms with Crippen LogP contribution in [0.4, 0.5) is 0 Å². The van der Waals surface area contributed by atoms with E-state index in [1.807, 2.05) is 22.4 Å². The summed E-state index contributed by atoms with van der Waals surface area (Å²) in [5.41, 5.74) is 0.943. The van der Waals surface area contributed by atoms with Crippen molar-refractivity contribution in [3.8, 4) is 5.69 Å². The zero-order valence-electron chi connectivity index (χ0n) is 8.97. The van der Waals surface area contributed by atoms with Crippen LogP contribution in [0.1, 0.15) is 31.5 Å². The molecule has 0 aliphatic heterocycles. The third-order valence-electron chi connectivity index (χ3n) is 2.79. The van der Waals surface area contributed by atoms with Gasteiger partial charge in [-0.15, -0.1) is 10.2 Å². The first-order valence-electron chi connectivity index (χ1n) is 5.43. The van der Waals surface area contributed by atoms with E-state index in [4.69, 9.17) is 11.6 Å². The van der Waals surface area contributed by atoms with Crippen LogP contribution in [0.3, 0.4) is 0 Å². The maximum atomic E-state index is 6.06. The molecule has 1 saturated carbocycles. The van der Waals surface area contributed by atoms with Gasteiger partial charge in [-0.3, -0.25) is 9.25 Å². The second-order valence-electron chi connectivity index (χ2n) is 3.99. The molecule has 1 aliphatic rings. The molecule has 0 atom stereocenters. The van der Waals surface area contributed by atoms with Crippen LogP contribution in [-0.2, 0) is 6.54 Å². The lowest BCUT2D eigenvalue weighted by Crippen LogP contribution is -1.99. The Morgan fingerprint density at radius 3 is 2.88 bits per heavy atom. The zero-order valence-corrected chi connectivity index (χ0v) is 9.72. The summed E-state index contributed by atoms with van der Waals surface area (Å²) in [7, 11) is 0. The van der Waals surface area contributed by atoms with E-state index >= 15 is 0 Å². The zero-order chi connectivity index (χ0) is 11.1. The van der Waals surface area contributed by atoms with E-state index in [1.165, 1.54) is 12.8 Å². The van der Waals surface area contributed by atoms with Crippen molar-refractivity contribution in [3.63, 3.8) is 0 Å². The van der Waals surface area contributed by atoms with Gasteiger partial charge in [0.25, 0.3) is 0 Å². The van der Waals surface area contributed by atoms with Crippen LogP contribution in [0.2, 0.25) is 5.28 Å². The van der Waals surface area contributed by atoms with E-state index < -0.39 is 0 Å². The predicted octanol–water partition coefficient (Wildman–Crippen LogP) is 2.01. The Morgan fingerprint density at radius 1 is 1.44 bits per heavy atom. The van der Waals surface area contributed by atoms with Gasteiger partial charge in [0.15, 0.2) is 0 Å². The Morgan fingerprint density at radius 2 is 2.25 bits per heavy atom. The third-order valence-corrected chi connectivity index (χ3v) is 3.04. The van der Waals surface area contributed by atoms with Gasteiger partial charge in [0.1, 0.15) is 5.82 Å². The first kappa shape index (κ1) is 9.84. The highest BCUT2D eigenvalue weighted by Gasteiger charge is 2.30. The molecule has 0 aromatic carbocycles. The van der Waals surface area contributed by atoms with E-state index in [0.717, 1.165) is 18.1 Å². The van der Waals surface area contributed by atoms with Gasteiger partial charge in [-0.1, -0.05) is 0 Å². The number of hydrogen-bond acceptors (Lipinski definition) is 3. The van der Waals surface area contributed by atoms with Crippen molar-refractivity contribution in [2.24, 2.45) is 0 Å². The second kappa shape index (κ2) is 3.59. The Hall–Kier alpha value is -1.36. The summed E-state index contributed by atoms with van der Waals surface area (Å²) in [4.78, 5) is 0. The van der Waals surface area contributed by atoms with Gasteiger partial charge in [-0.25, -0.2) is 0 Å². The third kappa shape index (κ3) is 1.51. The fraction of sp³-hybridized carbons (Fsp3) is 0.500. The minimum Gasteiger partial charge on any atom is -0.271 e.